The Hall–Kier alpha value is -1.60. The van der Waals surface area contributed by atoms with Crippen molar-refractivity contribution < 1.29 is 13.5 Å². The lowest BCUT2D eigenvalue weighted by Gasteiger charge is -2.39. The lowest BCUT2D eigenvalue weighted by molar-refractivity contribution is 0.121. The minimum atomic E-state index is -3.47. The standard InChI is InChI=1S/C18H21ClN2O3S/c1-14-12-21(25(23,24)17-5-3-2-4-6-17)10-9-20(14)13-15-11-16(19)7-8-18(15)22/h2-8,11,14,22H,9-10,12-13H2,1H3. The Balaban J connectivity index is 1.72. The first-order valence-corrected chi connectivity index (χ1v) is 9.96. The molecule has 0 aromatic heterocycles. The largest absolute Gasteiger partial charge is 0.508 e. The van der Waals surface area contributed by atoms with Crippen LogP contribution in [-0.4, -0.2) is 48.4 Å². The van der Waals surface area contributed by atoms with Crippen LogP contribution in [0.2, 0.25) is 5.02 Å². The highest BCUT2D eigenvalue weighted by Crippen LogP contribution is 2.26. The van der Waals surface area contributed by atoms with Gasteiger partial charge in [0.2, 0.25) is 10.0 Å². The molecule has 0 radical (unpaired) electrons. The summed E-state index contributed by atoms with van der Waals surface area (Å²) in [6, 6.07) is 13.5. The van der Waals surface area contributed by atoms with Crippen LogP contribution in [0.3, 0.4) is 0 Å². The SMILES string of the molecule is CC1CN(S(=O)(=O)c2ccccc2)CCN1Cc1cc(Cl)ccc1O. The van der Waals surface area contributed by atoms with Crippen LogP contribution in [0.15, 0.2) is 53.4 Å². The first-order chi connectivity index (χ1) is 11.9. The van der Waals surface area contributed by atoms with Gasteiger partial charge in [0.05, 0.1) is 4.90 Å². The molecule has 1 N–H and O–H groups in total. The molecule has 2 aromatic carbocycles. The van der Waals surface area contributed by atoms with Gasteiger partial charge in [-0.15, -0.1) is 0 Å². The predicted octanol–water partition coefficient (Wildman–Crippen LogP) is 2.94. The molecule has 0 spiro atoms. The maximum atomic E-state index is 12.7. The molecule has 134 valence electrons. The highest BCUT2D eigenvalue weighted by atomic mass is 35.5. The summed E-state index contributed by atoms with van der Waals surface area (Å²) in [4.78, 5) is 2.48. The van der Waals surface area contributed by atoms with Gasteiger partial charge in [0.25, 0.3) is 0 Å². The third kappa shape index (κ3) is 3.98. The Morgan fingerprint density at radius 3 is 2.56 bits per heavy atom. The Morgan fingerprint density at radius 2 is 1.88 bits per heavy atom. The molecule has 25 heavy (non-hydrogen) atoms. The van der Waals surface area contributed by atoms with Crippen LogP contribution in [0.4, 0.5) is 0 Å². The fraction of sp³-hybridized carbons (Fsp3) is 0.333. The summed E-state index contributed by atoms with van der Waals surface area (Å²) in [5.41, 5.74) is 0.749. The number of piperazine rings is 1. The molecule has 0 saturated carbocycles. The van der Waals surface area contributed by atoms with E-state index in [9.17, 15) is 13.5 Å². The summed E-state index contributed by atoms with van der Waals surface area (Å²) < 4.78 is 27.0. The van der Waals surface area contributed by atoms with Gasteiger partial charge >= 0.3 is 0 Å². The van der Waals surface area contributed by atoms with Crippen molar-refractivity contribution in [2.24, 2.45) is 0 Å². The van der Waals surface area contributed by atoms with Gasteiger partial charge in [0, 0.05) is 42.8 Å². The van der Waals surface area contributed by atoms with Crippen molar-refractivity contribution in [2.45, 2.75) is 24.4 Å². The number of halogens is 1. The van der Waals surface area contributed by atoms with Crippen molar-refractivity contribution in [2.75, 3.05) is 19.6 Å². The first-order valence-electron chi connectivity index (χ1n) is 8.14. The summed E-state index contributed by atoms with van der Waals surface area (Å²) in [6.07, 6.45) is 0. The average Bonchev–Trinajstić information content (AvgIpc) is 2.60. The maximum Gasteiger partial charge on any atom is 0.243 e. The highest BCUT2D eigenvalue weighted by molar-refractivity contribution is 7.89. The second kappa shape index (κ2) is 7.33. The second-order valence-corrected chi connectivity index (χ2v) is 8.64. The average molecular weight is 381 g/mol. The molecule has 1 atom stereocenters. The number of aromatic hydroxyl groups is 1. The number of hydrogen-bond acceptors (Lipinski definition) is 4. The molecule has 1 fully saturated rings. The van der Waals surface area contributed by atoms with Crippen LogP contribution in [0.1, 0.15) is 12.5 Å². The van der Waals surface area contributed by atoms with Crippen LogP contribution in [0.25, 0.3) is 0 Å². The molecular weight excluding hydrogens is 360 g/mol. The van der Waals surface area contributed by atoms with Crippen LogP contribution in [0.5, 0.6) is 5.75 Å². The summed E-state index contributed by atoms with van der Waals surface area (Å²) in [5.74, 6) is 0.205. The molecule has 1 heterocycles. The van der Waals surface area contributed by atoms with Crippen molar-refractivity contribution in [1.29, 1.82) is 0 Å². The topological polar surface area (TPSA) is 60.9 Å². The summed E-state index contributed by atoms with van der Waals surface area (Å²) in [7, 11) is -3.47. The lowest BCUT2D eigenvalue weighted by Crippen LogP contribution is -2.53. The summed E-state index contributed by atoms with van der Waals surface area (Å²) in [5, 5.41) is 10.6. The van der Waals surface area contributed by atoms with Crippen molar-refractivity contribution in [3.8, 4) is 5.75 Å². The van der Waals surface area contributed by atoms with Crippen LogP contribution in [0, 0.1) is 0 Å². The van der Waals surface area contributed by atoms with E-state index < -0.39 is 10.0 Å². The molecule has 1 aliphatic rings. The molecule has 7 heteroatoms. The summed E-state index contributed by atoms with van der Waals surface area (Å²) in [6.45, 7) is 3.96. The number of rotatable bonds is 4. The number of phenols is 1. The van der Waals surface area contributed by atoms with Gasteiger partial charge in [-0.25, -0.2) is 8.42 Å². The minimum Gasteiger partial charge on any atom is -0.508 e. The molecule has 1 aliphatic heterocycles. The fourth-order valence-electron chi connectivity index (χ4n) is 3.06. The van der Waals surface area contributed by atoms with Gasteiger partial charge in [-0.3, -0.25) is 4.90 Å². The van der Waals surface area contributed by atoms with Crippen LogP contribution < -0.4 is 0 Å². The van der Waals surface area contributed by atoms with Crippen molar-refractivity contribution in [3.63, 3.8) is 0 Å². The van der Waals surface area contributed by atoms with Gasteiger partial charge in [0.15, 0.2) is 0 Å². The van der Waals surface area contributed by atoms with Crippen LogP contribution in [-0.2, 0) is 16.6 Å². The Morgan fingerprint density at radius 1 is 1.16 bits per heavy atom. The number of nitrogens with zero attached hydrogens (tertiary/aromatic N) is 2. The monoisotopic (exact) mass is 380 g/mol. The highest BCUT2D eigenvalue weighted by Gasteiger charge is 2.32. The van der Waals surface area contributed by atoms with Crippen LogP contribution >= 0.6 is 11.6 Å². The van der Waals surface area contributed by atoms with Gasteiger partial charge in [-0.1, -0.05) is 29.8 Å². The number of benzene rings is 2. The molecule has 5 nitrogen and oxygen atoms in total. The zero-order valence-electron chi connectivity index (χ0n) is 14.0. The van der Waals surface area contributed by atoms with E-state index in [0.717, 1.165) is 5.56 Å². The third-order valence-corrected chi connectivity index (χ3v) is 6.64. The molecular formula is C18H21ClN2O3S. The fourth-order valence-corrected chi connectivity index (χ4v) is 4.78. The molecule has 1 unspecified atom stereocenters. The minimum absolute atomic E-state index is 0.0330. The van der Waals surface area contributed by atoms with Crippen molar-refractivity contribution in [1.82, 2.24) is 9.21 Å². The van der Waals surface area contributed by atoms with Crippen molar-refractivity contribution in [3.05, 3.63) is 59.1 Å². The third-order valence-electron chi connectivity index (χ3n) is 4.52. The van der Waals surface area contributed by atoms with E-state index >= 15 is 0 Å². The number of phenolic OH excluding ortho intramolecular Hbond substituents is 1. The molecule has 2 aromatic rings. The number of hydrogen-bond donors (Lipinski definition) is 1. The summed E-state index contributed by atoms with van der Waals surface area (Å²) >= 11 is 6.00. The zero-order chi connectivity index (χ0) is 18.0. The molecule has 0 aliphatic carbocycles. The lowest BCUT2D eigenvalue weighted by atomic mass is 10.1. The van der Waals surface area contributed by atoms with Gasteiger partial charge < -0.3 is 5.11 Å². The van der Waals surface area contributed by atoms with E-state index in [0.29, 0.717) is 36.1 Å². The Labute approximate surface area is 153 Å². The Bertz CT molecular complexity index is 843. The van der Waals surface area contributed by atoms with E-state index in [1.54, 1.807) is 48.5 Å². The Kier molecular flexibility index (Phi) is 5.34. The normalized spacial score (nSPS) is 19.8. The van der Waals surface area contributed by atoms with Gasteiger partial charge in [-0.05, 0) is 37.3 Å². The van der Waals surface area contributed by atoms with E-state index in [2.05, 4.69) is 4.90 Å². The molecule has 0 bridgehead atoms. The zero-order valence-corrected chi connectivity index (χ0v) is 15.5. The smallest absolute Gasteiger partial charge is 0.243 e. The van der Waals surface area contributed by atoms with Crippen molar-refractivity contribution >= 4 is 21.6 Å². The van der Waals surface area contributed by atoms with E-state index in [1.807, 2.05) is 6.92 Å². The van der Waals surface area contributed by atoms with E-state index in [-0.39, 0.29) is 11.8 Å². The van der Waals surface area contributed by atoms with Gasteiger partial charge in [0.1, 0.15) is 5.75 Å². The molecule has 1 saturated heterocycles. The first kappa shape index (κ1) is 18.2. The quantitative estimate of drug-likeness (QED) is 0.885. The molecule has 0 amide bonds. The number of sulfonamides is 1. The maximum absolute atomic E-state index is 12.7. The second-order valence-electron chi connectivity index (χ2n) is 6.27. The molecule has 3 rings (SSSR count). The predicted molar refractivity (Wildman–Crippen MR) is 98.2 cm³/mol. The van der Waals surface area contributed by atoms with E-state index in [1.165, 1.54) is 4.31 Å². The van der Waals surface area contributed by atoms with E-state index in [4.69, 9.17) is 11.6 Å². The van der Waals surface area contributed by atoms with Gasteiger partial charge in [-0.2, -0.15) is 4.31 Å².